The van der Waals surface area contributed by atoms with Gasteiger partial charge in [0.1, 0.15) is 11.8 Å². The summed E-state index contributed by atoms with van der Waals surface area (Å²) in [5.74, 6) is -2.76. The lowest BCUT2D eigenvalue weighted by Gasteiger charge is -2.31. The lowest BCUT2D eigenvalue weighted by atomic mass is 9.81. The highest BCUT2D eigenvalue weighted by atomic mass is 32.2. The fourth-order valence-corrected chi connectivity index (χ4v) is 8.84. The zero-order valence-corrected chi connectivity index (χ0v) is 27.2. The van der Waals surface area contributed by atoms with Gasteiger partial charge in [-0.05, 0) is 47.7 Å². The second-order valence-corrected chi connectivity index (χ2v) is 14.4. The van der Waals surface area contributed by atoms with E-state index in [-0.39, 0.29) is 35.3 Å². The largest absolute Gasteiger partial charge is 0.462 e. The topological polar surface area (TPSA) is 115 Å². The number of thiazole rings is 1. The third-order valence-corrected chi connectivity index (χ3v) is 11.1. The Morgan fingerprint density at radius 1 is 0.956 bits per heavy atom. The van der Waals surface area contributed by atoms with Gasteiger partial charge in [0.2, 0.25) is 17.7 Å². The van der Waals surface area contributed by atoms with Gasteiger partial charge in [0.05, 0.1) is 42.0 Å². The van der Waals surface area contributed by atoms with Crippen molar-refractivity contribution in [3.8, 4) is 0 Å². The van der Waals surface area contributed by atoms with Crippen LogP contribution in [-0.2, 0) is 35.8 Å². The minimum Gasteiger partial charge on any atom is -0.462 e. The highest BCUT2D eigenvalue weighted by molar-refractivity contribution is 8.00. The summed E-state index contributed by atoms with van der Waals surface area (Å²) in [6.45, 7) is 9.97. The summed E-state index contributed by atoms with van der Waals surface area (Å²) in [5, 5.41) is -0.251. The van der Waals surface area contributed by atoms with Gasteiger partial charge in [-0.1, -0.05) is 68.1 Å². The summed E-state index contributed by atoms with van der Waals surface area (Å²) < 4.78 is 11.9. The van der Waals surface area contributed by atoms with Crippen LogP contribution in [0.4, 0.5) is 5.69 Å². The minimum atomic E-state index is -0.805. The van der Waals surface area contributed by atoms with E-state index in [4.69, 9.17) is 9.47 Å². The van der Waals surface area contributed by atoms with Crippen molar-refractivity contribution in [3.05, 3.63) is 79.8 Å². The number of thioether (sulfide) groups is 1. The summed E-state index contributed by atoms with van der Waals surface area (Å²) in [4.78, 5) is 70.4. The van der Waals surface area contributed by atoms with Crippen LogP contribution in [0, 0.1) is 5.92 Å². The van der Waals surface area contributed by atoms with Gasteiger partial charge in [-0.25, -0.2) is 9.69 Å². The molecule has 236 valence electrons. The summed E-state index contributed by atoms with van der Waals surface area (Å²) in [7, 11) is 0. The van der Waals surface area contributed by atoms with Crippen LogP contribution >= 0.6 is 23.1 Å². The Hall–Kier alpha value is -3.74. The Labute approximate surface area is 269 Å². The number of fused-ring (bicyclic) bond motifs is 2. The van der Waals surface area contributed by atoms with Crippen molar-refractivity contribution in [3.63, 3.8) is 0 Å². The number of ether oxygens (including phenoxy) is 2. The number of esters is 1. The maximum atomic E-state index is 14.2. The average Bonchev–Trinajstić information content (AvgIpc) is 3.47. The number of imide groups is 1. The zero-order chi connectivity index (χ0) is 32.0. The van der Waals surface area contributed by atoms with E-state index in [2.05, 4.69) is 20.8 Å². The molecular formula is C33H35N3O7S2. The second-order valence-electron chi connectivity index (χ2n) is 12.3. The van der Waals surface area contributed by atoms with Gasteiger partial charge in [0.25, 0.3) is 0 Å². The lowest BCUT2D eigenvalue weighted by Crippen LogP contribution is -2.43. The predicted molar refractivity (Wildman–Crippen MR) is 171 cm³/mol. The highest BCUT2D eigenvalue weighted by Gasteiger charge is 2.57. The van der Waals surface area contributed by atoms with Gasteiger partial charge in [-0.3, -0.25) is 23.7 Å². The van der Waals surface area contributed by atoms with E-state index in [9.17, 15) is 24.0 Å². The van der Waals surface area contributed by atoms with Gasteiger partial charge in [0, 0.05) is 23.9 Å². The molecule has 0 spiro atoms. The molecule has 2 aromatic carbocycles. The van der Waals surface area contributed by atoms with Crippen LogP contribution in [0.25, 0.3) is 0 Å². The van der Waals surface area contributed by atoms with Crippen molar-refractivity contribution in [2.45, 2.75) is 55.8 Å². The smallest absolute Gasteiger partial charge is 0.338 e. The Bertz CT molecular complexity index is 1700. The molecule has 0 bridgehead atoms. The number of aromatic nitrogens is 1. The second kappa shape index (κ2) is 12.2. The normalized spacial score (nSPS) is 21.5. The number of hydrogen-bond donors (Lipinski definition) is 0. The van der Waals surface area contributed by atoms with E-state index in [1.807, 2.05) is 24.3 Å². The number of carbonyl (C=O) groups excluding carboxylic acids is 4. The van der Waals surface area contributed by atoms with Crippen molar-refractivity contribution < 1.29 is 28.7 Å². The van der Waals surface area contributed by atoms with E-state index < -0.39 is 29.0 Å². The van der Waals surface area contributed by atoms with Gasteiger partial charge in [-0.15, -0.1) is 0 Å². The molecule has 2 fully saturated rings. The van der Waals surface area contributed by atoms with Crippen molar-refractivity contribution >= 4 is 52.5 Å². The Balaban J connectivity index is 1.40. The van der Waals surface area contributed by atoms with Crippen LogP contribution < -0.4 is 9.77 Å². The zero-order valence-electron chi connectivity index (χ0n) is 25.6. The fourth-order valence-electron chi connectivity index (χ4n) is 6.07. The average molecular weight is 650 g/mol. The molecule has 3 amide bonds. The molecule has 10 nitrogen and oxygen atoms in total. The number of anilines is 1. The fraction of sp³-hybridized carbons (Fsp3) is 0.424. The van der Waals surface area contributed by atoms with Crippen LogP contribution in [-0.4, -0.2) is 71.3 Å². The van der Waals surface area contributed by atoms with Crippen LogP contribution in [0.3, 0.4) is 0 Å². The molecule has 3 unspecified atom stereocenters. The van der Waals surface area contributed by atoms with Gasteiger partial charge in [-0.2, -0.15) is 0 Å². The van der Waals surface area contributed by atoms with E-state index >= 15 is 0 Å². The summed E-state index contributed by atoms with van der Waals surface area (Å²) >= 11 is 2.22. The lowest BCUT2D eigenvalue weighted by molar-refractivity contribution is -0.136. The van der Waals surface area contributed by atoms with Crippen molar-refractivity contribution in [1.82, 2.24) is 9.47 Å². The van der Waals surface area contributed by atoms with Crippen LogP contribution in [0.1, 0.15) is 60.0 Å². The monoisotopic (exact) mass is 649 g/mol. The van der Waals surface area contributed by atoms with Crippen molar-refractivity contribution in [2.75, 3.05) is 37.8 Å². The number of morpholine rings is 1. The summed E-state index contributed by atoms with van der Waals surface area (Å²) in [6.07, 6.45) is 0. The number of hydrogen-bond acceptors (Lipinski definition) is 9. The first kappa shape index (κ1) is 31.3. The number of benzene rings is 2. The number of nitrogens with zero attached hydrogens (tertiary/aromatic N) is 3. The van der Waals surface area contributed by atoms with E-state index in [1.165, 1.54) is 33.4 Å². The van der Waals surface area contributed by atoms with Gasteiger partial charge < -0.3 is 14.4 Å². The molecule has 0 saturated carbocycles. The third kappa shape index (κ3) is 5.75. The molecule has 6 rings (SSSR count). The molecule has 12 heteroatoms. The quantitative estimate of drug-likeness (QED) is 0.291. The highest BCUT2D eigenvalue weighted by Crippen LogP contribution is 2.54. The first-order valence-electron chi connectivity index (χ1n) is 15.0. The van der Waals surface area contributed by atoms with E-state index in [0.29, 0.717) is 47.5 Å². The molecule has 0 aliphatic carbocycles. The number of rotatable bonds is 6. The molecular weight excluding hydrogens is 615 g/mol. The molecule has 1 aromatic heterocycles. The van der Waals surface area contributed by atoms with E-state index in [0.717, 1.165) is 22.5 Å². The maximum absolute atomic E-state index is 14.2. The third-order valence-electron chi connectivity index (χ3n) is 8.48. The maximum Gasteiger partial charge on any atom is 0.338 e. The molecule has 45 heavy (non-hydrogen) atoms. The molecule has 2 saturated heterocycles. The molecule has 0 radical (unpaired) electrons. The van der Waals surface area contributed by atoms with E-state index in [1.54, 1.807) is 24.0 Å². The first-order valence-corrected chi connectivity index (χ1v) is 16.7. The SMILES string of the molecule is CCOC(=O)c1ccc(N2C(=O)C3Sc4c(sc(=O)n4CC(=O)N4CCOCC4)C(c4ccc(C(C)(C)C)cc4)C3C2=O)cc1. The Morgan fingerprint density at radius 3 is 2.24 bits per heavy atom. The Kier molecular flexibility index (Phi) is 8.49. The molecule has 4 heterocycles. The summed E-state index contributed by atoms with van der Waals surface area (Å²) in [6, 6.07) is 14.2. The molecule has 3 aliphatic rings. The van der Waals surface area contributed by atoms with Gasteiger partial charge >= 0.3 is 10.8 Å². The molecule has 3 aliphatic heterocycles. The number of amides is 3. The first-order chi connectivity index (χ1) is 21.5. The molecule has 0 N–H and O–H groups in total. The van der Waals surface area contributed by atoms with Gasteiger partial charge in [0.15, 0.2) is 0 Å². The van der Waals surface area contributed by atoms with Crippen LogP contribution in [0.5, 0.6) is 0 Å². The van der Waals surface area contributed by atoms with Crippen molar-refractivity contribution in [1.29, 1.82) is 0 Å². The van der Waals surface area contributed by atoms with Crippen LogP contribution in [0.15, 0.2) is 58.4 Å². The standard InChI is InChI=1S/C33H35N3O7S2/c1-5-43-31(40)20-8-12-22(13-9-20)36-28(38)25-24(19-6-10-21(11-7-19)33(2,3)4)27-30(44-26(25)29(36)39)35(32(41)45-27)18-23(37)34-14-16-42-17-15-34/h6-13,24-26H,5,14-18H2,1-4H3. The van der Waals surface area contributed by atoms with Crippen molar-refractivity contribution in [2.24, 2.45) is 5.92 Å². The predicted octanol–water partition coefficient (Wildman–Crippen LogP) is 4.04. The molecule has 3 atom stereocenters. The van der Waals surface area contributed by atoms with Crippen LogP contribution in [0.2, 0.25) is 0 Å². The summed E-state index contributed by atoms with van der Waals surface area (Å²) in [5.41, 5.74) is 2.53. The number of carbonyl (C=O) groups is 4. The molecule has 3 aromatic rings. The minimum absolute atomic E-state index is 0.0890. The Morgan fingerprint density at radius 2 is 1.62 bits per heavy atom.